The third-order valence-electron chi connectivity index (χ3n) is 3.55. The summed E-state index contributed by atoms with van der Waals surface area (Å²) >= 11 is 0. The fraction of sp³-hybridized carbons (Fsp3) is 0.571. The van der Waals surface area contributed by atoms with E-state index in [9.17, 15) is 21.6 Å². The molecule has 0 saturated carbocycles. The molecule has 0 amide bonds. The number of benzene rings is 1. The van der Waals surface area contributed by atoms with Crippen LogP contribution in [0.2, 0.25) is 0 Å². The Hall–Kier alpha value is -1.32. The van der Waals surface area contributed by atoms with Gasteiger partial charge >= 0.3 is 6.18 Å². The van der Waals surface area contributed by atoms with E-state index < -0.39 is 22.2 Å². The minimum Gasteiger partial charge on any atom is -0.491 e. The maximum absolute atomic E-state index is 13.0. The van der Waals surface area contributed by atoms with Gasteiger partial charge in [0, 0.05) is 19.7 Å². The van der Waals surface area contributed by atoms with Crippen LogP contribution < -0.4 is 4.74 Å². The molecule has 0 aliphatic carbocycles. The van der Waals surface area contributed by atoms with Crippen LogP contribution >= 0.6 is 0 Å². The molecule has 5 nitrogen and oxygen atoms in total. The van der Waals surface area contributed by atoms with Gasteiger partial charge in [-0.3, -0.25) is 0 Å². The Bertz CT molecular complexity index is 633. The highest BCUT2D eigenvalue weighted by Crippen LogP contribution is 2.36. The molecule has 1 atom stereocenters. The van der Waals surface area contributed by atoms with Gasteiger partial charge in [-0.2, -0.15) is 17.5 Å². The SMILES string of the molecule is COCCOc1cccc(S(=O)(=O)N2CCCC2C(F)(F)F)c1. The maximum Gasteiger partial charge on any atom is 0.405 e. The smallest absolute Gasteiger partial charge is 0.405 e. The number of hydrogen-bond donors (Lipinski definition) is 0. The van der Waals surface area contributed by atoms with E-state index in [1.165, 1.54) is 25.3 Å². The molecule has 9 heteroatoms. The quantitative estimate of drug-likeness (QED) is 0.737. The Kier molecular flexibility index (Phi) is 5.53. The van der Waals surface area contributed by atoms with E-state index in [4.69, 9.17) is 9.47 Å². The van der Waals surface area contributed by atoms with Gasteiger partial charge < -0.3 is 9.47 Å². The van der Waals surface area contributed by atoms with E-state index >= 15 is 0 Å². The Morgan fingerprint density at radius 3 is 2.70 bits per heavy atom. The fourth-order valence-corrected chi connectivity index (χ4v) is 4.17. The van der Waals surface area contributed by atoms with E-state index in [1.54, 1.807) is 6.07 Å². The molecular weight excluding hydrogens is 335 g/mol. The van der Waals surface area contributed by atoms with Crippen molar-refractivity contribution in [2.24, 2.45) is 0 Å². The molecule has 1 aliphatic heterocycles. The van der Waals surface area contributed by atoms with Crippen LogP contribution in [0.4, 0.5) is 13.2 Å². The molecule has 1 aromatic rings. The third-order valence-corrected chi connectivity index (χ3v) is 5.45. The zero-order valence-corrected chi connectivity index (χ0v) is 13.4. The number of sulfonamides is 1. The lowest BCUT2D eigenvalue weighted by atomic mass is 10.2. The van der Waals surface area contributed by atoms with Crippen LogP contribution in [-0.2, 0) is 14.8 Å². The van der Waals surface area contributed by atoms with Crippen molar-refractivity contribution in [2.45, 2.75) is 30.0 Å². The molecule has 0 radical (unpaired) electrons. The zero-order valence-electron chi connectivity index (χ0n) is 12.5. The highest BCUT2D eigenvalue weighted by atomic mass is 32.2. The summed E-state index contributed by atoms with van der Waals surface area (Å²) < 4.78 is 74.7. The molecule has 1 fully saturated rings. The van der Waals surface area contributed by atoms with Crippen molar-refractivity contribution in [2.75, 3.05) is 26.9 Å². The summed E-state index contributed by atoms with van der Waals surface area (Å²) in [5.74, 6) is 0.269. The number of methoxy groups -OCH3 is 1. The first-order valence-electron chi connectivity index (χ1n) is 7.07. The van der Waals surface area contributed by atoms with Crippen LogP contribution in [0.5, 0.6) is 5.75 Å². The second-order valence-electron chi connectivity index (χ2n) is 5.13. The molecule has 1 aliphatic rings. The van der Waals surface area contributed by atoms with E-state index in [-0.39, 0.29) is 36.6 Å². The fourth-order valence-electron chi connectivity index (χ4n) is 2.46. The molecule has 1 heterocycles. The molecule has 2 rings (SSSR count). The van der Waals surface area contributed by atoms with Gasteiger partial charge in [0.05, 0.1) is 11.5 Å². The number of nitrogens with zero attached hydrogens (tertiary/aromatic N) is 1. The molecule has 0 bridgehead atoms. The molecule has 23 heavy (non-hydrogen) atoms. The summed E-state index contributed by atoms with van der Waals surface area (Å²) in [5, 5.41) is 0. The van der Waals surface area contributed by atoms with Crippen molar-refractivity contribution >= 4 is 10.0 Å². The van der Waals surface area contributed by atoms with Gasteiger partial charge in [-0.1, -0.05) is 6.07 Å². The van der Waals surface area contributed by atoms with Gasteiger partial charge in [0.2, 0.25) is 10.0 Å². The highest BCUT2D eigenvalue weighted by Gasteiger charge is 2.50. The lowest BCUT2D eigenvalue weighted by Crippen LogP contribution is -2.44. The average molecular weight is 353 g/mol. The van der Waals surface area contributed by atoms with Crippen LogP contribution in [-0.4, -0.2) is 51.8 Å². The van der Waals surface area contributed by atoms with Gasteiger partial charge in [0.25, 0.3) is 0 Å². The maximum atomic E-state index is 13.0. The van der Waals surface area contributed by atoms with Crippen LogP contribution in [0.25, 0.3) is 0 Å². The Morgan fingerprint density at radius 2 is 2.04 bits per heavy atom. The zero-order chi connectivity index (χ0) is 17.1. The molecular formula is C14H18F3NO4S. The largest absolute Gasteiger partial charge is 0.491 e. The molecule has 1 saturated heterocycles. The normalized spacial score (nSPS) is 19.9. The minimum absolute atomic E-state index is 0.138. The van der Waals surface area contributed by atoms with Crippen molar-refractivity contribution in [3.8, 4) is 5.75 Å². The Labute approximate surface area is 133 Å². The summed E-state index contributed by atoms with van der Waals surface area (Å²) in [7, 11) is -2.73. The molecule has 1 unspecified atom stereocenters. The van der Waals surface area contributed by atoms with Gasteiger partial charge in [-0.15, -0.1) is 0 Å². The Balaban J connectivity index is 2.24. The molecule has 0 spiro atoms. The third kappa shape index (κ3) is 4.15. The van der Waals surface area contributed by atoms with Crippen molar-refractivity contribution in [1.29, 1.82) is 0 Å². The standard InChI is InChI=1S/C14H18F3NO4S/c1-21-8-9-22-11-4-2-5-12(10-11)23(19,20)18-7-3-6-13(18)14(15,16)17/h2,4-5,10,13H,3,6-9H2,1H3. The van der Waals surface area contributed by atoms with E-state index in [2.05, 4.69) is 0 Å². The van der Waals surface area contributed by atoms with Gasteiger partial charge in [0.15, 0.2) is 0 Å². The van der Waals surface area contributed by atoms with Crippen molar-refractivity contribution in [3.05, 3.63) is 24.3 Å². The summed E-state index contributed by atoms with van der Waals surface area (Å²) in [6.07, 6.45) is -4.60. The van der Waals surface area contributed by atoms with Gasteiger partial charge in [0.1, 0.15) is 18.4 Å². The summed E-state index contributed by atoms with van der Waals surface area (Å²) in [4.78, 5) is -0.205. The van der Waals surface area contributed by atoms with Crippen molar-refractivity contribution in [1.82, 2.24) is 4.31 Å². The van der Waals surface area contributed by atoms with Crippen molar-refractivity contribution < 1.29 is 31.1 Å². The Morgan fingerprint density at radius 1 is 1.30 bits per heavy atom. The lowest BCUT2D eigenvalue weighted by Gasteiger charge is -2.26. The summed E-state index contributed by atoms with van der Waals surface area (Å²) in [5.41, 5.74) is 0. The predicted octanol–water partition coefficient (Wildman–Crippen LogP) is 2.43. The molecule has 1 aromatic carbocycles. The van der Waals surface area contributed by atoms with Crippen LogP contribution in [0.1, 0.15) is 12.8 Å². The van der Waals surface area contributed by atoms with Crippen LogP contribution in [0.3, 0.4) is 0 Å². The molecule has 0 aromatic heterocycles. The predicted molar refractivity (Wildman–Crippen MR) is 76.8 cm³/mol. The number of hydrogen-bond acceptors (Lipinski definition) is 4. The topological polar surface area (TPSA) is 55.8 Å². The summed E-state index contributed by atoms with van der Waals surface area (Å²) in [6, 6.07) is 3.51. The number of rotatable bonds is 6. The first kappa shape index (κ1) is 18.0. The number of ether oxygens (including phenoxy) is 2. The molecule has 0 N–H and O–H groups in total. The van der Waals surface area contributed by atoms with Crippen LogP contribution in [0, 0.1) is 0 Å². The van der Waals surface area contributed by atoms with Crippen LogP contribution in [0.15, 0.2) is 29.2 Å². The highest BCUT2D eigenvalue weighted by molar-refractivity contribution is 7.89. The van der Waals surface area contributed by atoms with Gasteiger partial charge in [-0.25, -0.2) is 8.42 Å². The first-order valence-corrected chi connectivity index (χ1v) is 8.51. The number of halogens is 3. The minimum atomic E-state index is -4.57. The second kappa shape index (κ2) is 7.06. The van der Waals surface area contributed by atoms with E-state index in [1.807, 2.05) is 0 Å². The first-order chi connectivity index (χ1) is 10.8. The second-order valence-corrected chi connectivity index (χ2v) is 7.02. The summed E-state index contributed by atoms with van der Waals surface area (Å²) in [6.45, 7) is 0.398. The number of alkyl halides is 3. The van der Waals surface area contributed by atoms with E-state index in [0.29, 0.717) is 10.9 Å². The lowest BCUT2D eigenvalue weighted by molar-refractivity contribution is -0.165. The average Bonchev–Trinajstić information content (AvgIpc) is 2.98. The van der Waals surface area contributed by atoms with Crippen molar-refractivity contribution in [3.63, 3.8) is 0 Å². The van der Waals surface area contributed by atoms with E-state index in [0.717, 1.165) is 0 Å². The monoisotopic (exact) mass is 353 g/mol. The molecule has 130 valence electrons. The van der Waals surface area contributed by atoms with Gasteiger partial charge in [-0.05, 0) is 25.0 Å².